The SMILES string of the molecule is C[C@@H]1C[C@H]1c1ccc(/C=C(\C#N)C(=O)Nc2ccc(F)c(Cl)c2)o1. The van der Waals surface area contributed by atoms with Crippen molar-refractivity contribution >= 4 is 29.3 Å². The van der Waals surface area contributed by atoms with Crippen LogP contribution in [0, 0.1) is 23.1 Å². The Labute approximate surface area is 143 Å². The third-order valence-corrected chi connectivity index (χ3v) is 4.24. The molecule has 24 heavy (non-hydrogen) atoms. The lowest BCUT2D eigenvalue weighted by atomic mass is 10.2. The van der Waals surface area contributed by atoms with Crippen molar-refractivity contribution in [3.63, 3.8) is 0 Å². The van der Waals surface area contributed by atoms with Gasteiger partial charge >= 0.3 is 0 Å². The molecule has 2 aromatic rings. The second-order valence-corrected chi connectivity index (χ2v) is 6.22. The summed E-state index contributed by atoms with van der Waals surface area (Å²) >= 11 is 5.67. The zero-order valence-electron chi connectivity index (χ0n) is 12.8. The van der Waals surface area contributed by atoms with Gasteiger partial charge in [-0.3, -0.25) is 4.79 Å². The first kappa shape index (κ1) is 16.3. The van der Waals surface area contributed by atoms with Gasteiger partial charge in [-0.25, -0.2) is 4.39 Å². The number of rotatable bonds is 4. The number of furan rings is 1. The lowest BCUT2D eigenvalue weighted by Crippen LogP contribution is -2.13. The molecule has 0 aliphatic heterocycles. The van der Waals surface area contributed by atoms with Crippen LogP contribution in [-0.2, 0) is 4.79 Å². The summed E-state index contributed by atoms with van der Waals surface area (Å²) in [7, 11) is 0. The molecular weight excluding hydrogens is 331 g/mol. The average Bonchev–Trinajstić information content (AvgIpc) is 3.09. The van der Waals surface area contributed by atoms with Gasteiger partial charge in [-0.2, -0.15) is 5.26 Å². The molecule has 1 aromatic heterocycles. The van der Waals surface area contributed by atoms with Gasteiger partial charge < -0.3 is 9.73 Å². The largest absolute Gasteiger partial charge is 0.461 e. The normalized spacial score (nSPS) is 19.7. The highest BCUT2D eigenvalue weighted by atomic mass is 35.5. The van der Waals surface area contributed by atoms with Crippen LogP contribution in [-0.4, -0.2) is 5.91 Å². The number of benzene rings is 1. The van der Waals surface area contributed by atoms with E-state index >= 15 is 0 Å². The van der Waals surface area contributed by atoms with Gasteiger partial charge in [0.15, 0.2) is 0 Å². The van der Waals surface area contributed by atoms with Crippen molar-refractivity contribution in [1.29, 1.82) is 5.26 Å². The van der Waals surface area contributed by atoms with E-state index in [1.807, 2.05) is 12.1 Å². The molecule has 1 aliphatic carbocycles. The molecule has 0 radical (unpaired) electrons. The number of hydrogen-bond donors (Lipinski definition) is 1. The maximum atomic E-state index is 13.1. The summed E-state index contributed by atoms with van der Waals surface area (Å²) in [6.45, 7) is 2.14. The Morgan fingerprint density at radius 2 is 2.21 bits per heavy atom. The van der Waals surface area contributed by atoms with E-state index in [1.165, 1.54) is 18.2 Å². The zero-order chi connectivity index (χ0) is 17.3. The highest BCUT2D eigenvalue weighted by Gasteiger charge is 2.36. The van der Waals surface area contributed by atoms with Crippen molar-refractivity contribution in [2.24, 2.45) is 5.92 Å². The van der Waals surface area contributed by atoms with Gasteiger partial charge in [0.1, 0.15) is 29.0 Å². The van der Waals surface area contributed by atoms with E-state index in [1.54, 1.807) is 6.07 Å². The van der Waals surface area contributed by atoms with Crippen molar-refractivity contribution in [3.05, 3.63) is 58.3 Å². The topological polar surface area (TPSA) is 66.0 Å². The fourth-order valence-corrected chi connectivity index (χ4v) is 2.61. The predicted molar refractivity (Wildman–Crippen MR) is 88.9 cm³/mol. The Morgan fingerprint density at radius 1 is 1.46 bits per heavy atom. The van der Waals surface area contributed by atoms with Crippen LogP contribution in [0.1, 0.15) is 30.8 Å². The number of nitrogens with one attached hydrogen (secondary N) is 1. The summed E-state index contributed by atoms with van der Waals surface area (Å²) in [4.78, 5) is 12.2. The van der Waals surface area contributed by atoms with Gasteiger partial charge in [0.05, 0.1) is 5.02 Å². The smallest absolute Gasteiger partial charge is 0.266 e. The van der Waals surface area contributed by atoms with E-state index in [4.69, 9.17) is 16.0 Å². The van der Waals surface area contributed by atoms with Crippen LogP contribution in [0.5, 0.6) is 0 Å². The van der Waals surface area contributed by atoms with Crippen LogP contribution in [0.25, 0.3) is 6.08 Å². The maximum absolute atomic E-state index is 13.1. The molecule has 0 bridgehead atoms. The van der Waals surface area contributed by atoms with Crippen LogP contribution < -0.4 is 5.32 Å². The number of carbonyl (C=O) groups is 1. The second-order valence-electron chi connectivity index (χ2n) is 5.81. The number of nitrogens with zero attached hydrogens (tertiary/aromatic N) is 1. The third-order valence-electron chi connectivity index (χ3n) is 3.95. The Bertz CT molecular complexity index is 866. The Kier molecular flexibility index (Phi) is 4.41. The first-order valence-electron chi connectivity index (χ1n) is 7.46. The van der Waals surface area contributed by atoms with Crippen molar-refractivity contribution in [2.45, 2.75) is 19.3 Å². The lowest BCUT2D eigenvalue weighted by Gasteiger charge is -2.04. The van der Waals surface area contributed by atoms with Crippen LogP contribution >= 0.6 is 11.6 Å². The predicted octanol–water partition coefficient (Wildman–Crippen LogP) is 4.74. The lowest BCUT2D eigenvalue weighted by molar-refractivity contribution is -0.112. The number of halogens is 2. The molecule has 1 saturated carbocycles. The summed E-state index contributed by atoms with van der Waals surface area (Å²) in [5.74, 6) is 1.16. The molecule has 1 fully saturated rings. The molecule has 0 unspecified atom stereocenters. The highest BCUT2D eigenvalue weighted by Crippen LogP contribution is 2.47. The average molecular weight is 345 g/mol. The standard InChI is InChI=1S/C18H14ClFN2O2/c1-10-6-14(10)17-5-3-13(24-17)7-11(9-21)18(23)22-12-2-4-16(20)15(19)8-12/h2-5,7-8,10,14H,6H2,1H3,(H,22,23)/b11-7+/t10-,14-/m1/s1. The van der Waals surface area contributed by atoms with Crippen LogP contribution in [0.15, 0.2) is 40.3 Å². The molecule has 1 aliphatic rings. The first-order chi connectivity index (χ1) is 11.5. The second kappa shape index (κ2) is 6.50. The van der Waals surface area contributed by atoms with Crippen molar-refractivity contribution in [1.82, 2.24) is 0 Å². The highest BCUT2D eigenvalue weighted by molar-refractivity contribution is 6.31. The van der Waals surface area contributed by atoms with Gasteiger partial charge in [0, 0.05) is 17.7 Å². The van der Waals surface area contributed by atoms with Crippen LogP contribution in [0.2, 0.25) is 5.02 Å². The molecule has 122 valence electrons. The van der Waals surface area contributed by atoms with Crippen molar-refractivity contribution in [2.75, 3.05) is 5.32 Å². The van der Waals surface area contributed by atoms with Gasteiger partial charge in [-0.05, 0) is 42.7 Å². The fraction of sp³-hybridized carbons (Fsp3) is 0.222. The molecule has 2 atom stereocenters. The van der Waals surface area contributed by atoms with Crippen LogP contribution in [0.4, 0.5) is 10.1 Å². The Hall–Kier alpha value is -2.58. The van der Waals surface area contributed by atoms with E-state index in [0.717, 1.165) is 18.2 Å². The third kappa shape index (κ3) is 3.50. The number of nitriles is 1. The van der Waals surface area contributed by atoms with Crippen molar-refractivity contribution < 1.29 is 13.6 Å². The minimum Gasteiger partial charge on any atom is -0.461 e. The first-order valence-corrected chi connectivity index (χ1v) is 7.83. The van der Waals surface area contributed by atoms with E-state index in [9.17, 15) is 14.4 Å². The molecule has 1 aromatic carbocycles. The van der Waals surface area contributed by atoms with E-state index in [2.05, 4.69) is 12.2 Å². The number of amides is 1. The monoisotopic (exact) mass is 344 g/mol. The number of hydrogen-bond acceptors (Lipinski definition) is 3. The molecule has 0 saturated heterocycles. The summed E-state index contributed by atoms with van der Waals surface area (Å²) in [6.07, 6.45) is 2.48. The zero-order valence-corrected chi connectivity index (χ0v) is 13.6. The molecule has 1 amide bonds. The summed E-state index contributed by atoms with van der Waals surface area (Å²) < 4.78 is 18.8. The molecule has 6 heteroatoms. The number of carbonyl (C=O) groups excluding carboxylic acids is 1. The van der Waals surface area contributed by atoms with E-state index in [0.29, 0.717) is 23.3 Å². The Balaban J connectivity index is 1.75. The molecule has 0 spiro atoms. The molecule has 4 nitrogen and oxygen atoms in total. The summed E-state index contributed by atoms with van der Waals surface area (Å²) in [5, 5.41) is 11.6. The maximum Gasteiger partial charge on any atom is 0.266 e. The van der Waals surface area contributed by atoms with Gasteiger partial charge in [-0.1, -0.05) is 18.5 Å². The quantitative estimate of drug-likeness (QED) is 0.643. The summed E-state index contributed by atoms with van der Waals surface area (Å²) in [5.41, 5.74) is 0.194. The summed E-state index contributed by atoms with van der Waals surface area (Å²) in [6, 6.07) is 9.24. The molecule has 3 rings (SSSR count). The molecule has 1 N–H and O–H groups in total. The van der Waals surface area contributed by atoms with Gasteiger partial charge in [0.2, 0.25) is 0 Å². The van der Waals surface area contributed by atoms with Gasteiger partial charge in [-0.15, -0.1) is 0 Å². The van der Waals surface area contributed by atoms with E-state index in [-0.39, 0.29) is 10.6 Å². The number of anilines is 1. The minimum absolute atomic E-state index is 0.107. The molecular formula is C18H14ClFN2O2. The van der Waals surface area contributed by atoms with E-state index < -0.39 is 11.7 Å². The van der Waals surface area contributed by atoms with Crippen molar-refractivity contribution in [3.8, 4) is 6.07 Å². The van der Waals surface area contributed by atoms with Crippen LogP contribution in [0.3, 0.4) is 0 Å². The Morgan fingerprint density at radius 3 is 2.83 bits per heavy atom. The minimum atomic E-state index is -0.613. The fourth-order valence-electron chi connectivity index (χ4n) is 2.43. The molecule has 1 heterocycles. The van der Waals surface area contributed by atoms with Gasteiger partial charge in [0.25, 0.3) is 5.91 Å².